The van der Waals surface area contributed by atoms with Gasteiger partial charge < -0.3 is 10.1 Å². The molecule has 4 rings (SSSR count). The molecule has 1 spiro atoms. The molecular weight excluding hydrogens is 402 g/mol. The topological polar surface area (TPSA) is 88.1 Å². The first kappa shape index (κ1) is 20.6. The predicted molar refractivity (Wildman–Crippen MR) is 114 cm³/mol. The second-order valence-corrected chi connectivity index (χ2v) is 9.77. The normalized spacial score (nSPS) is 18.9. The maximum absolute atomic E-state index is 13.1. The molecule has 8 heteroatoms. The van der Waals surface area contributed by atoms with E-state index in [0.29, 0.717) is 47.9 Å². The number of methoxy groups -OCH3 is 1. The SMILES string of the molecule is COc1cccc(C2=NC3(CCN(S(=O)(=O)c4ccc(C)c(C)c4)CC3)NC2=O)c1. The summed E-state index contributed by atoms with van der Waals surface area (Å²) in [7, 11) is -2.01. The number of aryl methyl sites for hydroxylation is 2. The first-order valence-electron chi connectivity index (χ1n) is 9.88. The summed E-state index contributed by atoms with van der Waals surface area (Å²) >= 11 is 0. The highest BCUT2D eigenvalue weighted by Crippen LogP contribution is 2.32. The number of amides is 1. The van der Waals surface area contributed by atoms with Gasteiger partial charge in [0.25, 0.3) is 5.91 Å². The van der Waals surface area contributed by atoms with Crippen LogP contribution in [0.2, 0.25) is 0 Å². The Hall–Kier alpha value is -2.71. The zero-order valence-electron chi connectivity index (χ0n) is 17.3. The van der Waals surface area contributed by atoms with Gasteiger partial charge in [-0.05, 0) is 49.2 Å². The van der Waals surface area contributed by atoms with Crippen molar-refractivity contribution in [1.82, 2.24) is 9.62 Å². The summed E-state index contributed by atoms with van der Waals surface area (Å²) in [6.45, 7) is 4.45. The molecule has 1 amide bonds. The van der Waals surface area contributed by atoms with Gasteiger partial charge in [0.15, 0.2) is 0 Å². The summed E-state index contributed by atoms with van der Waals surface area (Å²) in [5.41, 5.74) is 2.29. The van der Waals surface area contributed by atoms with Crippen molar-refractivity contribution < 1.29 is 17.9 Å². The number of nitrogens with zero attached hydrogens (tertiary/aromatic N) is 2. The summed E-state index contributed by atoms with van der Waals surface area (Å²) in [5.74, 6) is 0.409. The van der Waals surface area contributed by atoms with Crippen molar-refractivity contribution in [1.29, 1.82) is 0 Å². The minimum atomic E-state index is -3.58. The van der Waals surface area contributed by atoms with Gasteiger partial charge in [-0.2, -0.15) is 4.31 Å². The predicted octanol–water partition coefficient (Wildman–Crippen LogP) is 2.41. The average molecular weight is 428 g/mol. The third kappa shape index (κ3) is 3.61. The quantitative estimate of drug-likeness (QED) is 0.812. The lowest BCUT2D eigenvalue weighted by Crippen LogP contribution is -2.52. The maximum atomic E-state index is 13.1. The number of ether oxygens (including phenoxy) is 1. The Kier molecular flexibility index (Phi) is 5.15. The highest BCUT2D eigenvalue weighted by Gasteiger charge is 2.44. The van der Waals surface area contributed by atoms with E-state index in [1.807, 2.05) is 38.1 Å². The zero-order chi connectivity index (χ0) is 21.5. The van der Waals surface area contributed by atoms with E-state index in [1.54, 1.807) is 25.3 Å². The van der Waals surface area contributed by atoms with Gasteiger partial charge in [0.2, 0.25) is 10.0 Å². The monoisotopic (exact) mass is 427 g/mol. The molecule has 7 nitrogen and oxygen atoms in total. The fraction of sp³-hybridized carbons (Fsp3) is 0.364. The Morgan fingerprint density at radius 3 is 2.47 bits per heavy atom. The van der Waals surface area contributed by atoms with E-state index in [9.17, 15) is 13.2 Å². The van der Waals surface area contributed by atoms with Crippen LogP contribution < -0.4 is 10.1 Å². The van der Waals surface area contributed by atoms with E-state index in [-0.39, 0.29) is 5.91 Å². The third-order valence-electron chi connectivity index (χ3n) is 5.90. The maximum Gasteiger partial charge on any atom is 0.272 e. The Morgan fingerprint density at radius 2 is 1.80 bits per heavy atom. The van der Waals surface area contributed by atoms with Crippen LogP contribution in [0.1, 0.15) is 29.5 Å². The van der Waals surface area contributed by atoms with E-state index in [4.69, 9.17) is 9.73 Å². The minimum Gasteiger partial charge on any atom is -0.497 e. The minimum absolute atomic E-state index is 0.242. The molecule has 0 aromatic heterocycles. The van der Waals surface area contributed by atoms with Crippen molar-refractivity contribution in [3.05, 3.63) is 59.2 Å². The lowest BCUT2D eigenvalue weighted by atomic mass is 10.00. The summed E-state index contributed by atoms with van der Waals surface area (Å²) in [5, 5.41) is 2.98. The highest BCUT2D eigenvalue weighted by atomic mass is 32.2. The molecule has 0 radical (unpaired) electrons. The lowest BCUT2D eigenvalue weighted by molar-refractivity contribution is -0.115. The third-order valence-corrected chi connectivity index (χ3v) is 7.79. The molecule has 0 saturated carbocycles. The van der Waals surface area contributed by atoms with Crippen molar-refractivity contribution in [3.63, 3.8) is 0 Å². The average Bonchev–Trinajstić information content (AvgIpc) is 3.06. The number of rotatable bonds is 4. The molecule has 2 aliphatic rings. The summed E-state index contributed by atoms with van der Waals surface area (Å²) in [6, 6.07) is 12.4. The number of piperidine rings is 1. The first-order chi connectivity index (χ1) is 14.2. The number of hydrogen-bond acceptors (Lipinski definition) is 5. The number of benzene rings is 2. The van der Waals surface area contributed by atoms with Gasteiger partial charge in [0, 0.05) is 31.5 Å². The summed E-state index contributed by atoms with van der Waals surface area (Å²) in [6.07, 6.45) is 0.854. The Balaban J connectivity index is 1.54. The van der Waals surface area contributed by atoms with E-state index in [1.165, 1.54) is 4.31 Å². The van der Waals surface area contributed by atoms with Crippen LogP contribution in [-0.4, -0.2) is 50.2 Å². The van der Waals surface area contributed by atoms with Crippen molar-refractivity contribution >= 4 is 21.6 Å². The van der Waals surface area contributed by atoms with Crippen LogP contribution in [0.15, 0.2) is 52.4 Å². The van der Waals surface area contributed by atoms with Crippen molar-refractivity contribution in [3.8, 4) is 5.75 Å². The van der Waals surface area contributed by atoms with E-state index < -0.39 is 15.7 Å². The van der Waals surface area contributed by atoms with Gasteiger partial charge in [0.1, 0.15) is 17.1 Å². The van der Waals surface area contributed by atoms with Gasteiger partial charge >= 0.3 is 0 Å². The van der Waals surface area contributed by atoms with E-state index in [0.717, 1.165) is 11.1 Å². The van der Waals surface area contributed by atoms with Crippen LogP contribution in [0.25, 0.3) is 0 Å². The fourth-order valence-corrected chi connectivity index (χ4v) is 5.41. The molecule has 0 aliphatic carbocycles. The Labute approximate surface area is 176 Å². The van der Waals surface area contributed by atoms with Crippen molar-refractivity contribution in [2.45, 2.75) is 37.2 Å². The van der Waals surface area contributed by atoms with Gasteiger partial charge in [-0.1, -0.05) is 18.2 Å². The van der Waals surface area contributed by atoms with Crippen molar-refractivity contribution in [2.24, 2.45) is 4.99 Å². The first-order valence-corrected chi connectivity index (χ1v) is 11.3. The highest BCUT2D eigenvalue weighted by molar-refractivity contribution is 7.89. The van der Waals surface area contributed by atoms with Crippen LogP contribution >= 0.6 is 0 Å². The number of nitrogens with one attached hydrogen (secondary N) is 1. The van der Waals surface area contributed by atoms with Gasteiger partial charge in [-0.15, -0.1) is 0 Å². The van der Waals surface area contributed by atoms with E-state index in [2.05, 4.69) is 5.32 Å². The molecule has 2 aromatic rings. The molecule has 0 unspecified atom stereocenters. The number of carbonyl (C=O) groups excluding carboxylic acids is 1. The van der Waals surface area contributed by atoms with E-state index >= 15 is 0 Å². The number of carbonyl (C=O) groups is 1. The van der Waals surface area contributed by atoms with Crippen molar-refractivity contribution in [2.75, 3.05) is 20.2 Å². The molecule has 0 atom stereocenters. The molecule has 0 bridgehead atoms. The number of hydrogen-bond donors (Lipinski definition) is 1. The Bertz CT molecular complexity index is 1130. The standard InChI is InChI=1S/C22H25N3O4S/c1-15-7-8-19(13-16(15)2)30(27,28)25-11-9-22(10-12-25)23-20(21(26)24-22)17-5-4-6-18(14-17)29-3/h4-8,13-14H,9-12H2,1-3H3,(H,24,26). The second kappa shape index (κ2) is 7.52. The molecular formula is C22H25N3O4S. The molecule has 1 N–H and O–H groups in total. The molecule has 30 heavy (non-hydrogen) atoms. The van der Waals surface area contributed by atoms with Crippen LogP contribution in [0.5, 0.6) is 5.75 Å². The summed E-state index contributed by atoms with van der Waals surface area (Å²) in [4.78, 5) is 17.6. The number of sulfonamides is 1. The van der Waals surface area contributed by atoms with Gasteiger partial charge in [-0.25, -0.2) is 8.42 Å². The van der Waals surface area contributed by atoms with Gasteiger partial charge in [-0.3, -0.25) is 9.79 Å². The molecule has 158 valence electrons. The largest absolute Gasteiger partial charge is 0.497 e. The second-order valence-electron chi connectivity index (χ2n) is 7.83. The molecule has 2 heterocycles. The fourth-order valence-electron chi connectivity index (χ4n) is 3.89. The van der Waals surface area contributed by atoms with Crippen LogP contribution in [0, 0.1) is 13.8 Å². The Morgan fingerprint density at radius 1 is 1.07 bits per heavy atom. The van der Waals surface area contributed by atoms with Gasteiger partial charge in [0.05, 0.1) is 12.0 Å². The summed E-state index contributed by atoms with van der Waals surface area (Å²) < 4.78 is 32.8. The van der Waals surface area contributed by atoms with Crippen LogP contribution in [0.4, 0.5) is 0 Å². The number of aliphatic imine (C=N–C) groups is 1. The molecule has 2 aromatic carbocycles. The van der Waals surface area contributed by atoms with Crippen LogP contribution in [-0.2, 0) is 14.8 Å². The van der Waals surface area contributed by atoms with Crippen LogP contribution in [0.3, 0.4) is 0 Å². The molecule has 1 saturated heterocycles. The molecule has 1 fully saturated rings. The molecule has 2 aliphatic heterocycles. The smallest absolute Gasteiger partial charge is 0.272 e. The lowest BCUT2D eigenvalue weighted by Gasteiger charge is -2.36. The zero-order valence-corrected chi connectivity index (χ0v) is 18.1.